The number of carbonyl (C=O) groups is 1. The van der Waals surface area contributed by atoms with Crippen molar-refractivity contribution in [2.45, 2.75) is 39.2 Å². The maximum absolute atomic E-state index is 12.5. The van der Waals surface area contributed by atoms with Crippen molar-refractivity contribution >= 4 is 22.4 Å². The summed E-state index contributed by atoms with van der Waals surface area (Å²) in [5.41, 5.74) is 4.26. The number of benzene rings is 1. The number of fused-ring (bicyclic) bond motifs is 1. The van der Waals surface area contributed by atoms with E-state index in [1.807, 2.05) is 18.2 Å². The number of hydrogen-bond donors (Lipinski definition) is 2. The molecule has 2 N–H and O–H groups in total. The number of allylic oxidation sites excluding steroid dienone is 2. The molecule has 1 aliphatic carbocycles. The fourth-order valence-corrected chi connectivity index (χ4v) is 3.48. The van der Waals surface area contributed by atoms with E-state index in [2.05, 4.69) is 36.3 Å². The second-order valence-electron chi connectivity index (χ2n) is 8.01. The minimum Gasteiger partial charge on any atom is -0.394 e. The molecule has 144 valence electrons. The Hall–Kier alpha value is -2.24. The van der Waals surface area contributed by atoms with E-state index in [0.717, 1.165) is 35.7 Å². The van der Waals surface area contributed by atoms with Gasteiger partial charge in [-0.3, -0.25) is 9.78 Å². The van der Waals surface area contributed by atoms with Gasteiger partial charge in [0.2, 0.25) is 0 Å². The van der Waals surface area contributed by atoms with Gasteiger partial charge in [-0.05, 0) is 36.3 Å². The van der Waals surface area contributed by atoms with Gasteiger partial charge in [-0.2, -0.15) is 0 Å². The van der Waals surface area contributed by atoms with Gasteiger partial charge in [-0.1, -0.05) is 38.1 Å². The van der Waals surface area contributed by atoms with E-state index in [-0.39, 0.29) is 19.1 Å². The Kier molecular flexibility index (Phi) is 5.92. The predicted molar refractivity (Wildman–Crippen MR) is 108 cm³/mol. The molecule has 1 aromatic carbocycles. The molecular weight excluding hydrogens is 340 g/mol. The highest BCUT2D eigenvalue weighted by molar-refractivity contribution is 5.99. The van der Waals surface area contributed by atoms with Crippen LogP contribution in [0.15, 0.2) is 36.5 Å². The zero-order chi connectivity index (χ0) is 19.4. The van der Waals surface area contributed by atoms with Crippen LogP contribution in [0.25, 0.3) is 16.5 Å². The second-order valence-corrected chi connectivity index (χ2v) is 8.01. The summed E-state index contributed by atoms with van der Waals surface area (Å²) in [5, 5.41) is 13.0. The third-order valence-electron chi connectivity index (χ3n) is 5.21. The van der Waals surface area contributed by atoms with Crippen molar-refractivity contribution in [3.05, 3.63) is 47.7 Å². The molecule has 1 aliphatic rings. The summed E-state index contributed by atoms with van der Waals surface area (Å²) in [6.07, 6.45) is 7.22. The lowest BCUT2D eigenvalue weighted by Crippen LogP contribution is -2.40. The molecule has 2 aromatic rings. The molecule has 1 amide bonds. The van der Waals surface area contributed by atoms with Crippen LogP contribution in [0.4, 0.5) is 0 Å². The topological polar surface area (TPSA) is 71.5 Å². The van der Waals surface area contributed by atoms with Gasteiger partial charge in [0.05, 0.1) is 30.3 Å². The van der Waals surface area contributed by atoms with E-state index >= 15 is 0 Å². The van der Waals surface area contributed by atoms with Crippen molar-refractivity contribution in [1.29, 1.82) is 0 Å². The third-order valence-corrected chi connectivity index (χ3v) is 5.21. The number of hydrogen-bond acceptors (Lipinski definition) is 4. The molecule has 3 rings (SSSR count). The SMILES string of the molecule is COC[C@H](CO)NC(=O)c1cnc2c(C3=CCC(C)(C)CC3)cccc2c1. The molecule has 0 fully saturated rings. The van der Waals surface area contributed by atoms with Crippen LogP contribution in [-0.4, -0.2) is 42.4 Å². The summed E-state index contributed by atoms with van der Waals surface area (Å²) in [6.45, 7) is 4.69. The average Bonchev–Trinajstić information content (AvgIpc) is 2.66. The number of aromatic nitrogens is 1. The van der Waals surface area contributed by atoms with Crippen LogP contribution in [0.5, 0.6) is 0 Å². The van der Waals surface area contributed by atoms with E-state index < -0.39 is 6.04 Å². The van der Waals surface area contributed by atoms with E-state index in [9.17, 15) is 9.90 Å². The molecule has 1 aromatic heterocycles. The number of pyridine rings is 1. The highest BCUT2D eigenvalue weighted by atomic mass is 16.5. The molecule has 0 saturated carbocycles. The summed E-state index contributed by atoms with van der Waals surface area (Å²) in [6, 6.07) is 7.54. The van der Waals surface area contributed by atoms with Gasteiger partial charge in [-0.25, -0.2) is 0 Å². The smallest absolute Gasteiger partial charge is 0.253 e. The van der Waals surface area contributed by atoms with E-state index in [4.69, 9.17) is 4.74 Å². The molecular formula is C22H28N2O3. The number of methoxy groups -OCH3 is 1. The molecule has 1 heterocycles. The maximum Gasteiger partial charge on any atom is 0.253 e. The minimum absolute atomic E-state index is 0.171. The van der Waals surface area contributed by atoms with Crippen molar-refractivity contribution in [2.24, 2.45) is 5.41 Å². The van der Waals surface area contributed by atoms with Gasteiger partial charge in [0.1, 0.15) is 0 Å². The maximum atomic E-state index is 12.5. The number of rotatable bonds is 6. The van der Waals surface area contributed by atoms with E-state index in [1.54, 1.807) is 6.20 Å². The van der Waals surface area contributed by atoms with E-state index in [0.29, 0.717) is 11.0 Å². The van der Waals surface area contributed by atoms with Crippen LogP contribution in [0.2, 0.25) is 0 Å². The Balaban J connectivity index is 1.87. The van der Waals surface area contributed by atoms with Crippen molar-refractivity contribution in [2.75, 3.05) is 20.3 Å². The van der Waals surface area contributed by atoms with Gasteiger partial charge < -0.3 is 15.2 Å². The summed E-state index contributed by atoms with van der Waals surface area (Å²) >= 11 is 0. The molecule has 0 unspecified atom stereocenters. The van der Waals surface area contributed by atoms with Crippen molar-refractivity contribution in [1.82, 2.24) is 10.3 Å². The van der Waals surface area contributed by atoms with Gasteiger partial charge in [-0.15, -0.1) is 0 Å². The Labute approximate surface area is 160 Å². The number of nitrogens with zero attached hydrogens (tertiary/aromatic N) is 1. The van der Waals surface area contributed by atoms with Crippen LogP contribution in [0.1, 0.15) is 49.0 Å². The number of amides is 1. The monoisotopic (exact) mass is 368 g/mol. The lowest BCUT2D eigenvalue weighted by molar-refractivity contribution is 0.0839. The lowest BCUT2D eigenvalue weighted by atomic mass is 9.77. The van der Waals surface area contributed by atoms with Gasteiger partial charge in [0.15, 0.2) is 0 Å². The van der Waals surface area contributed by atoms with Crippen LogP contribution in [0.3, 0.4) is 0 Å². The van der Waals surface area contributed by atoms with Gasteiger partial charge >= 0.3 is 0 Å². The first-order valence-electron chi connectivity index (χ1n) is 9.42. The van der Waals surface area contributed by atoms with Crippen molar-refractivity contribution < 1.29 is 14.6 Å². The van der Waals surface area contributed by atoms with Gasteiger partial charge in [0, 0.05) is 24.3 Å². The summed E-state index contributed by atoms with van der Waals surface area (Å²) in [5.74, 6) is -0.260. The number of para-hydroxylation sites is 1. The van der Waals surface area contributed by atoms with Crippen LogP contribution in [-0.2, 0) is 4.74 Å². The minimum atomic E-state index is -0.430. The molecule has 5 nitrogen and oxygen atoms in total. The summed E-state index contributed by atoms with van der Waals surface area (Å²) in [7, 11) is 1.54. The van der Waals surface area contributed by atoms with Crippen LogP contribution >= 0.6 is 0 Å². The summed E-state index contributed by atoms with van der Waals surface area (Å²) in [4.78, 5) is 17.1. The average molecular weight is 368 g/mol. The largest absolute Gasteiger partial charge is 0.394 e. The lowest BCUT2D eigenvalue weighted by Gasteiger charge is -2.29. The first-order chi connectivity index (χ1) is 12.9. The molecule has 0 radical (unpaired) electrons. The number of carbonyl (C=O) groups excluding carboxylic acids is 1. The molecule has 5 heteroatoms. The molecule has 1 atom stereocenters. The number of aliphatic hydroxyl groups is 1. The molecule has 0 saturated heterocycles. The van der Waals surface area contributed by atoms with E-state index in [1.165, 1.54) is 12.7 Å². The summed E-state index contributed by atoms with van der Waals surface area (Å²) < 4.78 is 5.00. The Morgan fingerprint density at radius 2 is 2.22 bits per heavy atom. The normalized spacial score (nSPS) is 17.4. The Bertz CT molecular complexity index is 858. The zero-order valence-electron chi connectivity index (χ0n) is 16.3. The molecule has 0 bridgehead atoms. The number of ether oxygens (including phenoxy) is 1. The van der Waals surface area contributed by atoms with Crippen LogP contribution < -0.4 is 5.32 Å². The predicted octanol–water partition coefficient (Wildman–Crippen LogP) is 3.57. The molecule has 0 aliphatic heterocycles. The Morgan fingerprint density at radius 1 is 1.41 bits per heavy atom. The highest BCUT2D eigenvalue weighted by Crippen LogP contribution is 2.39. The van der Waals surface area contributed by atoms with Crippen molar-refractivity contribution in [3.8, 4) is 0 Å². The molecule has 0 spiro atoms. The fourth-order valence-electron chi connectivity index (χ4n) is 3.48. The van der Waals surface area contributed by atoms with Crippen LogP contribution in [0, 0.1) is 5.41 Å². The Morgan fingerprint density at radius 3 is 2.89 bits per heavy atom. The van der Waals surface area contributed by atoms with Gasteiger partial charge in [0.25, 0.3) is 5.91 Å². The quantitative estimate of drug-likeness (QED) is 0.818. The highest BCUT2D eigenvalue weighted by Gasteiger charge is 2.23. The third kappa shape index (κ3) is 4.54. The number of nitrogens with one attached hydrogen (secondary N) is 1. The fraction of sp³-hybridized carbons (Fsp3) is 0.455. The zero-order valence-corrected chi connectivity index (χ0v) is 16.3. The first-order valence-corrected chi connectivity index (χ1v) is 9.42. The second kappa shape index (κ2) is 8.19. The standard InChI is InChI=1S/C22H28N2O3/c1-22(2)9-7-15(8-10-22)19-6-4-5-16-11-17(12-23-20(16)19)21(26)24-18(13-25)14-27-3/h4-7,11-12,18,25H,8-10,13-14H2,1-3H3,(H,24,26)/t18-/m0/s1. The first kappa shape index (κ1) is 19.5. The van der Waals surface area contributed by atoms with Crippen molar-refractivity contribution in [3.63, 3.8) is 0 Å². The number of aliphatic hydroxyl groups excluding tert-OH is 1. The molecule has 27 heavy (non-hydrogen) atoms.